The molecule has 1 aliphatic rings. The van der Waals surface area contributed by atoms with Gasteiger partial charge in [0, 0.05) is 11.0 Å². The predicted molar refractivity (Wildman–Crippen MR) is 90.2 cm³/mol. The molecule has 0 atom stereocenters. The Balaban J connectivity index is 2.45. The summed E-state index contributed by atoms with van der Waals surface area (Å²) < 4.78 is 5.23. The number of hydrogen-bond donors (Lipinski definition) is 2. The standard InChI is InChI=1S/C15H13BrClN3O4/c1-24-15(23)9-7-20(2-3-21)14(22)13(9)19-12-5-11(17)10(16)4-8(12)6-18/h4-5,19,21H,2-3,7H2,1H3. The van der Waals surface area contributed by atoms with Gasteiger partial charge in [0.2, 0.25) is 0 Å². The molecule has 0 unspecified atom stereocenters. The molecular formula is C15H13BrClN3O4. The summed E-state index contributed by atoms with van der Waals surface area (Å²) in [5.41, 5.74) is 0.668. The molecule has 0 spiro atoms. The number of methoxy groups -OCH3 is 1. The Labute approximate surface area is 151 Å². The van der Waals surface area contributed by atoms with Crippen molar-refractivity contribution in [1.29, 1.82) is 5.26 Å². The van der Waals surface area contributed by atoms with E-state index in [0.717, 1.165) is 0 Å². The average molecular weight is 415 g/mol. The third-order valence-corrected chi connectivity index (χ3v) is 4.59. The second-order valence-corrected chi connectivity index (χ2v) is 6.11. The van der Waals surface area contributed by atoms with Gasteiger partial charge in [0.15, 0.2) is 0 Å². The van der Waals surface area contributed by atoms with E-state index in [9.17, 15) is 14.9 Å². The Hall–Kier alpha value is -2.08. The smallest absolute Gasteiger partial charge is 0.337 e. The molecule has 1 amide bonds. The lowest BCUT2D eigenvalue weighted by atomic mass is 10.1. The van der Waals surface area contributed by atoms with Gasteiger partial charge in [-0.3, -0.25) is 4.79 Å². The van der Waals surface area contributed by atoms with Gasteiger partial charge in [0.1, 0.15) is 11.8 Å². The number of nitriles is 1. The van der Waals surface area contributed by atoms with Crippen LogP contribution < -0.4 is 5.32 Å². The Bertz CT molecular complexity index is 773. The molecule has 1 aromatic rings. The minimum Gasteiger partial charge on any atom is -0.466 e. The van der Waals surface area contributed by atoms with E-state index >= 15 is 0 Å². The highest BCUT2D eigenvalue weighted by molar-refractivity contribution is 9.10. The van der Waals surface area contributed by atoms with Gasteiger partial charge in [-0.25, -0.2) is 4.79 Å². The summed E-state index contributed by atoms with van der Waals surface area (Å²) in [5, 5.41) is 21.4. The van der Waals surface area contributed by atoms with Crippen molar-refractivity contribution in [3.63, 3.8) is 0 Å². The zero-order valence-electron chi connectivity index (χ0n) is 12.6. The maximum Gasteiger partial charge on any atom is 0.337 e. The number of aliphatic hydroxyl groups is 1. The molecule has 126 valence electrons. The number of nitrogens with one attached hydrogen (secondary N) is 1. The fourth-order valence-corrected chi connectivity index (χ4v) is 2.73. The molecule has 1 aliphatic heterocycles. The first-order valence-corrected chi connectivity index (χ1v) is 7.97. The molecule has 1 heterocycles. The molecule has 2 rings (SSSR count). The normalized spacial score (nSPS) is 14.0. The second-order valence-electron chi connectivity index (χ2n) is 4.84. The van der Waals surface area contributed by atoms with E-state index in [1.54, 1.807) is 0 Å². The molecule has 0 radical (unpaired) electrons. The molecule has 0 saturated carbocycles. The van der Waals surface area contributed by atoms with Crippen molar-refractivity contribution in [2.45, 2.75) is 0 Å². The van der Waals surface area contributed by atoms with Crippen LogP contribution in [0.1, 0.15) is 5.56 Å². The summed E-state index contributed by atoms with van der Waals surface area (Å²) in [4.78, 5) is 25.7. The fraction of sp³-hybridized carbons (Fsp3) is 0.267. The van der Waals surface area contributed by atoms with Crippen LogP contribution in [-0.4, -0.2) is 48.7 Å². The van der Waals surface area contributed by atoms with Crippen LogP contribution in [0.2, 0.25) is 5.02 Å². The van der Waals surface area contributed by atoms with Crippen molar-refractivity contribution in [3.8, 4) is 6.07 Å². The number of rotatable bonds is 5. The van der Waals surface area contributed by atoms with Gasteiger partial charge < -0.3 is 20.1 Å². The number of amides is 1. The fourth-order valence-electron chi connectivity index (χ4n) is 2.23. The zero-order chi connectivity index (χ0) is 17.9. The van der Waals surface area contributed by atoms with Crippen molar-refractivity contribution in [2.24, 2.45) is 0 Å². The molecule has 0 saturated heterocycles. The molecule has 1 aromatic carbocycles. The highest BCUT2D eigenvalue weighted by Crippen LogP contribution is 2.31. The highest BCUT2D eigenvalue weighted by atomic mass is 79.9. The molecule has 0 aliphatic carbocycles. The van der Waals surface area contributed by atoms with Crippen LogP contribution in [0.15, 0.2) is 27.9 Å². The lowest BCUT2D eigenvalue weighted by molar-refractivity contribution is -0.136. The van der Waals surface area contributed by atoms with E-state index in [2.05, 4.69) is 21.2 Å². The number of aliphatic hydroxyl groups excluding tert-OH is 1. The largest absolute Gasteiger partial charge is 0.466 e. The van der Waals surface area contributed by atoms with Crippen LogP contribution in [0, 0.1) is 11.3 Å². The number of nitrogens with zero attached hydrogens (tertiary/aromatic N) is 2. The minimum atomic E-state index is -0.659. The van der Waals surface area contributed by atoms with Crippen LogP contribution in [0.25, 0.3) is 0 Å². The quantitative estimate of drug-likeness (QED) is 0.710. The van der Waals surface area contributed by atoms with Gasteiger partial charge in [-0.15, -0.1) is 0 Å². The van der Waals surface area contributed by atoms with Crippen LogP contribution >= 0.6 is 27.5 Å². The Morgan fingerprint density at radius 2 is 2.29 bits per heavy atom. The molecular weight excluding hydrogens is 402 g/mol. The molecule has 0 aromatic heterocycles. The first-order valence-electron chi connectivity index (χ1n) is 6.80. The molecule has 24 heavy (non-hydrogen) atoms. The number of hydrogen-bond acceptors (Lipinski definition) is 6. The predicted octanol–water partition coefficient (Wildman–Crippen LogP) is 1.65. The molecule has 9 heteroatoms. The summed E-state index contributed by atoms with van der Waals surface area (Å²) in [6.07, 6.45) is 0. The van der Waals surface area contributed by atoms with Crippen molar-refractivity contribution < 1.29 is 19.4 Å². The van der Waals surface area contributed by atoms with Gasteiger partial charge in [-0.1, -0.05) is 11.6 Å². The number of esters is 1. The molecule has 0 fully saturated rings. The number of carbonyl (C=O) groups is 2. The SMILES string of the molecule is COC(=O)C1=C(Nc2cc(Cl)c(Br)cc2C#N)C(=O)N(CCO)C1. The first-order chi connectivity index (χ1) is 11.4. The average Bonchev–Trinajstić information content (AvgIpc) is 2.87. The first kappa shape index (κ1) is 18.3. The van der Waals surface area contributed by atoms with Crippen molar-refractivity contribution in [3.05, 3.63) is 38.5 Å². The van der Waals surface area contributed by atoms with Gasteiger partial charge in [-0.2, -0.15) is 5.26 Å². The number of halogens is 2. The van der Waals surface area contributed by atoms with Crippen LogP contribution in [-0.2, 0) is 14.3 Å². The van der Waals surface area contributed by atoms with E-state index in [1.807, 2.05) is 6.07 Å². The molecule has 2 N–H and O–H groups in total. The third kappa shape index (κ3) is 3.53. The maximum atomic E-state index is 12.4. The van der Waals surface area contributed by atoms with Crippen molar-refractivity contribution in [1.82, 2.24) is 4.90 Å². The van der Waals surface area contributed by atoms with Crippen molar-refractivity contribution >= 4 is 45.1 Å². The Morgan fingerprint density at radius 1 is 1.58 bits per heavy atom. The summed E-state index contributed by atoms with van der Waals surface area (Å²) in [6.45, 7) is -0.141. The Kier molecular flexibility index (Phi) is 5.83. The number of ether oxygens (including phenoxy) is 1. The van der Waals surface area contributed by atoms with Gasteiger partial charge in [-0.05, 0) is 28.1 Å². The van der Waals surface area contributed by atoms with Crippen LogP contribution in [0.5, 0.6) is 0 Å². The number of carbonyl (C=O) groups excluding carboxylic acids is 2. The van der Waals surface area contributed by atoms with Gasteiger partial charge in [0.25, 0.3) is 5.91 Å². The van der Waals surface area contributed by atoms with Crippen molar-refractivity contribution in [2.75, 3.05) is 32.1 Å². The van der Waals surface area contributed by atoms with E-state index in [1.165, 1.54) is 24.1 Å². The van der Waals surface area contributed by atoms with Gasteiger partial charge >= 0.3 is 5.97 Å². The highest BCUT2D eigenvalue weighted by Gasteiger charge is 2.34. The number of β-amino-alcohol motifs (C(OH)–C–C–N with tert-alkyl or cyclic N) is 1. The summed E-state index contributed by atoms with van der Waals surface area (Å²) in [7, 11) is 1.21. The van der Waals surface area contributed by atoms with E-state index in [4.69, 9.17) is 21.4 Å². The topological polar surface area (TPSA) is 103 Å². The summed E-state index contributed by atoms with van der Waals surface area (Å²) in [5.74, 6) is -1.12. The molecule has 0 bridgehead atoms. The summed E-state index contributed by atoms with van der Waals surface area (Å²) in [6, 6.07) is 4.98. The maximum absolute atomic E-state index is 12.4. The number of anilines is 1. The second kappa shape index (κ2) is 7.66. The van der Waals surface area contributed by atoms with Crippen LogP contribution in [0.4, 0.5) is 5.69 Å². The lowest BCUT2D eigenvalue weighted by Crippen LogP contribution is -2.31. The number of benzene rings is 1. The van der Waals surface area contributed by atoms with E-state index < -0.39 is 11.9 Å². The molecule has 7 nitrogen and oxygen atoms in total. The third-order valence-electron chi connectivity index (χ3n) is 3.39. The lowest BCUT2D eigenvalue weighted by Gasteiger charge is -2.15. The van der Waals surface area contributed by atoms with Crippen LogP contribution in [0.3, 0.4) is 0 Å². The van der Waals surface area contributed by atoms with E-state index in [0.29, 0.717) is 15.2 Å². The monoisotopic (exact) mass is 413 g/mol. The summed E-state index contributed by atoms with van der Waals surface area (Å²) >= 11 is 9.26. The van der Waals surface area contributed by atoms with E-state index in [-0.39, 0.29) is 36.5 Å². The van der Waals surface area contributed by atoms with Gasteiger partial charge in [0.05, 0.1) is 42.1 Å². The zero-order valence-corrected chi connectivity index (χ0v) is 14.9. The Morgan fingerprint density at radius 3 is 2.88 bits per heavy atom. The minimum absolute atomic E-state index is 0.00480.